The molecule has 0 radical (unpaired) electrons. The topological polar surface area (TPSA) is 0 Å². The molecule has 0 saturated carbocycles. The van der Waals surface area contributed by atoms with Crippen molar-refractivity contribution in [3.8, 4) is 0 Å². The van der Waals surface area contributed by atoms with Crippen molar-refractivity contribution >= 4 is 18.5 Å². The van der Waals surface area contributed by atoms with Gasteiger partial charge in [-0.05, 0) is 11.5 Å². The Morgan fingerprint density at radius 2 is 1.70 bits per heavy atom. The molecule has 10 heavy (non-hydrogen) atoms. The van der Waals surface area contributed by atoms with Gasteiger partial charge in [-0.25, -0.2) is 0 Å². The molecule has 0 atom stereocenters. The van der Waals surface area contributed by atoms with E-state index in [9.17, 15) is 0 Å². The van der Waals surface area contributed by atoms with Gasteiger partial charge in [-0.3, -0.25) is 0 Å². The molecule has 0 amide bonds. The van der Waals surface area contributed by atoms with E-state index in [2.05, 4.69) is 33.9 Å². The largest absolute Gasteiger partial charge is 0.167 e. The summed E-state index contributed by atoms with van der Waals surface area (Å²) in [7, 11) is -1.43. The van der Waals surface area contributed by atoms with E-state index in [-0.39, 0.29) is 0 Å². The quantitative estimate of drug-likeness (QED) is 0.453. The van der Waals surface area contributed by atoms with Crippen LogP contribution < -0.4 is 0 Å². The summed E-state index contributed by atoms with van der Waals surface area (Å²) >= 11 is 6.34. The second-order valence-corrected chi connectivity index (χ2v) is 11.2. The van der Waals surface area contributed by atoms with Crippen LogP contribution in [0.25, 0.3) is 0 Å². The number of hydrogen-bond donors (Lipinski definition) is 0. The Kier molecular flexibility index (Phi) is 3.43. The lowest BCUT2D eigenvalue weighted by atomic mass is 10.1. The van der Waals surface area contributed by atoms with Gasteiger partial charge in [-0.1, -0.05) is 40.3 Å². The first-order chi connectivity index (χ1) is 4.31. The lowest BCUT2D eigenvalue weighted by Crippen LogP contribution is -2.32. The van der Waals surface area contributed by atoms with Gasteiger partial charge in [0.05, 0.1) is 0 Å². The van der Waals surface area contributed by atoms with Crippen molar-refractivity contribution in [2.45, 2.75) is 51.7 Å². The molecule has 0 aliphatic carbocycles. The average molecular weight is 179 g/mol. The Hall–Kier alpha value is 0.507. The fraction of sp³-hybridized carbons (Fsp3) is 1.00. The zero-order chi connectivity index (χ0) is 8.41. The fourth-order valence-corrected chi connectivity index (χ4v) is 2.05. The zero-order valence-electron chi connectivity index (χ0n) is 7.79. The van der Waals surface area contributed by atoms with Gasteiger partial charge in [-0.2, -0.15) is 11.1 Å². The highest BCUT2D eigenvalue weighted by atomic mass is 35.6. The van der Waals surface area contributed by atoms with Crippen molar-refractivity contribution in [3.63, 3.8) is 0 Å². The number of hydrogen-bond acceptors (Lipinski definition) is 0. The first-order valence-corrected chi connectivity index (χ1v) is 8.01. The average Bonchev–Trinajstić information content (AvgIpc) is 1.61. The molecule has 0 nitrogen and oxygen atoms in total. The van der Waals surface area contributed by atoms with Gasteiger partial charge in [0.15, 0.2) is 7.38 Å². The summed E-state index contributed by atoms with van der Waals surface area (Å²) in [5.74, 6) is 0. The summed E-state index contributed by atoms with van der Waals surface area (Å²) in [6, 6.07) is 0. The maximum Gasteiger partial charge on any atom is 0.156 e. The van der Waals surface area contributed by atoms with Gasteiger partial charge in [0.25, 0.3) is 0 Å². The SMILES string of the molecule is CCCC(C)(C)[Si](C)(C)Cl. The van der Waals surface area contributed by atoms with Gasteiger partial charge < -0.3 is 0 Å². The molecule has 0 N–H and O–H groups in total. The van der Waals surface area contributed by atoms with Crippen molar-refractivity contribution in [2.24, 2.45) is 0 Å². The van der Waals surface area contributed by atoms with E-state index < -0.39 is 7.38 Å². The lowest BCUT2D eigenvalue weighted by Gasteiger charge is -2.34. The molecule has 0 rings (SSSR count). The summed E-state index contributed by atoms with van der Waals surface area (Å²) < 4.78 is 0. The lowest BCUT2D eigenvalue weighted by molar-refractivity contribution is 0.581. The molecule has 0 unspecified atom stereocenters. The van der Waals surface area contributed by atoms with E-state index in [4.69, 9.17) is 11.1 Å². The number of halogens is 1. The molecule has 0 aromatic heterocycles. The molecule has 0 fully saturated rings. The van der Waals surface area contributed by atoms with Crippen molar-refractivity contribution in [1.82, 2.24) is 0 Å². The Morgan fingerprint density at radius 1 is 1.30 bits per heavy atom. The predicted molar refractivity (Wildman–Crippen MR) is 52.3 cm³/mol. The van der Waals surface area contributed by atoms with Crippen molar-refractivity contribution in [2.75, 3.05) is 0 Å². The van der Waals surface area contributed by atoms with E-state index >= 15 is 0 Å². The third-order valence-corrected chi connectivity index (χ3v) is 7.49. The molecular formula is C8H19ClSi. The van der Waals surface area contributed by atoms with E-state index in [1.165, 1.54) is 12.8 Å². The maximum absolute atomic E-state index is 6.34. The van der Waals surface area contributed by atoms with Gasteiger partial charge in [0, 0.05) is 0 Å². The van der Waals surface area contributed by atoms with Crippen LogP contribution in [-0.2, 0) is 0 Å². The summed E-state index contributed by atoms with van der Waals surface area (Å²) in [6.07, 6.45) is 2.51. The van der Waals surface area contributed by atoms with Crippen molar-refractivity contribution in [1.29, 1.82) is 0 Å². The number of rotatable bonds is 3. The Labute approximate surface area is 70.7 Å². The van der Waals surface area contributed by atoms with E-state index in [0.717, 1.165) is 0 Å². The van der Waals surface area contributed by atoms with Crippen LogP contribution in [-0.4, -0.2) is 7.38 Å². The van der Waals surface area contributed by atoms with E-state index in [1.54, 1.807) is 0 Å². The van der Waals surface area contributed by atoms with Crippen LogP contribution in [0.5, 0.6) is 0 Å². The van der Waals surface area contributed by atoms with E-state index in [1.807, 2.05) is 0 Å². The zero-order valence-corrected chi connectivity index (χ0v) is 9.55. The van der Waals surface area contributed by atoms with E-state index in [0.29, 0.717) is 5.04 Å². The molecule has 0 aliphatic rings. The first kappa shape index (κ1) is 10.5. The molecule has 0 aromatic rings. The van der Waals surface area contributed by atoms with Crippen molar-refractivity contribution in [3.05, 3.63) is 0 Å². The van der Waals surface area contributed by atoms with Gasteiger partial charge in [0.2, 0.25) is 0 Å². The summed E-state index contributed by atoms with van der Waals surface area (Å²) in [6.45, 7) is 11.2. The molecule has 0 saturated heterocycles. The molecule has 0 aliphatic heterocycles. The minimum absolute atomic E-state index is 0.392. The Balaban J connectivity index is 4.10. The Bertz CT molecular complexity index is 102. The molecule has 0 spiro atoms. The normalized spacial score (nSPS) is 13.8. The molecule has 0 aromatic carbocycles. The standard InChI is InChI=1S/C8H19ClSi/c1-6-7-8(2,3)10(4,5)9/h6-7H2,1-5H3. The molecule has 0 bridgehead atoms. The smallest absolute Gasteiger partial charge is 0.156 e. The Morgan fingerprint density at radius 3 is 1.80 bits per heavy atom. The van der Waals surface area contributed by atoms with Crippen LogP contribution in [0.2, 0.25) is 18.1 Å². The third kappa shape index (κ3) is 2.63. The predicted octanol–water partition coefficient (Wildman–Crippen LogP) is 4.01. The fourth-order valence-electron chi connectivity index (χ4n) is 0.922. The summed E-state index contributed by atoms with van der Waals surface area (Å²) in [5, 5.41) is 0.392. The van der Waals surface area contributed by atoms with Gasteiger partial charge >= 0.3 is 0 Å². The van der Waals surface area contributed by atoms with Crippen LogP contribution in [0.15, 0.2) is 0 Å². The highest BCUT2D eigenvalue weighted by molar-refractivity contribution is 7.20. The van der Waals surface area contributed by atoms with Gasteiger partial charge in [-0.15, -0.1) is 0 Å². The highest BCUT2D eigenvalue weighted by Crippen LogP contribution is 2.43. The summed E-state index contributed by atoms with van der Waals surface area (Å²) in [4.78, 5) is 0. The minimum atomic E-state index is -1.43. The highest BCUT2D eigenvalue weighted by Gasteiger charge is 2.36. The van der Waals surface area contributed by atoms with Crippen molar-refractivity contribution < 1.29 is 0 Å². The summed E-state index contributed by atoms with van der Waals surface area (Å²) in [5.41, 5.74) is 0. The molecular weight excluding hydrogens is 160 g/mol. The van der Waals surface area contributed by atoms with Crippen LogP contribution in [0.4, 0.5) is 0 Å². The van der Waals surface area contributed by atoms with Gasteiger partial charge in [0.1, 0.15) is 0 Å². The van der Waals surface area contributed by atoms with Crippen LogP contribution >= 0.6 is 11.1 Å². The third-order valence-electron chi connectivity index (χ3n) is 2.48. The molecule has 62 valence electrons. The minimum Gasteiger partial charge on any atom is -0.167 e. The van der Waals surface area contributed by atoms with Crippen LogP contribution in [0.1, 0.15) is 33.6 Å². The molecule has 0 heterocycles. The second kappa shape index (κ2) is 3.27. The van der Waals surface area contributed by atoms with Crippen LogP contribution in [0, 0.1) is 0 Å². The maximum atomic E-state index is 6.34. The monoisotopic (exact) mass is 178 g/mol. The first-order valence-electron chi connectivity index (χ1n) is 4.00. The second-order valence-electron chi connectivity index (χ2n) is 4.11. The van der Waals surface area contributed by atoms with Crippen LogP contribution in [0.3, 0.4) is 0 Å². The molecule has 2 heteroatoms.